The SMILES string of the molecule is COc1cc(/C=N\NC(=O)CSc2nnc(COc3ccc(Cl)cc3Cl)o2)cc(Cl)c1OCc1ccc(Cl)cc1. The van der Waals surface area contributed by atoms with Crippen LogP contribution >= 0.6 is 58.2 Å². The molecule has 4 rings (SSSR count). The molecule has 0 atom stereocenters. The molecule has 0 saturated carbocycles. The van der Waals surface area contributed by atoms with E-state index in [1.807, 2.05) is 12.1 Å². The predicted octanol–water partition coefficient (Wildman–Crippen LogP) is 7.09. The molecule has 14 heteroatoms. The Morgan fingerprint density at radius 1 is 0.950 bits per heavy atom. The van der Waals surface area contributed by atoms with Gasteiger partial charge >= 0.3 is 0 Å². The zero-order valence-corrected chi connectivity index (χ0v) is 24.5. The molecule has 208 valence electrons. The van der Waals surface area contributed by atoms with Crippen molar-refractivity contribution in [1.82, 2.24) is 15.6 Å². The lowest BCUT2D eigenvalue weighted by Gasteiger charge is -2.13. The van der Waals surface area contributed by atoms with Gasteiger partial charge in [0, 0.05) is 10.0 Å². The molecule has 1 heterocycles. The second-order valence-corrected chi connectivity index (χ2v) is 10.5. The highest BCUT2D eigenvalue weighted by Crippen LogP contribution is 2.36. The van der Waals surface area contributed by atoms with Crippen LogP contribution in [0.2, 0.25) is 20.1 Å². The molecule has 0 unspecified atom stereocenters. The molecule has 3 aromatic carbocycles. The van der Waals surface area contributed by atoms with Crippen molar-refractivity contribution < 1.29 is 23.4 Å². The van der Waals surface area contributed by atoms with Crippen LogP contribution < -0.4 is 19.6 Å². The van der Waals surface area contributed by atoms with Gasteiger partial charge in [-0.25, -0.2) is 5.43 Å². The fraction of sp³-hybridized carbons (Fsp3) is 0.154. The summed E-state index contributed by atoms with van der Waals surface area (Å²) in [6.45, 7) is 0.280. The van der Waals surface area contributed by atoms with Gasteiger partial charge in [-0.05, 0) is 53.6 Å². The Hall–Kier alpha value is -3.15. The van der Waals surface area contributed by atoms with Crippen LogP contribution in [0.25, 0.3) is 0 Å². The summed E-state index contributed by atoms with van der Waals surface area (Å²) < 4.78 is 22.3. The zero-order valence-electron chi connectivity index (χ0n) is 20.7. The van der Waals surface area contributed by atoms with Gasteiger partial charge in [0.2, 0.25) is 0 Å². The van der Waals surface area contributed by atoms with Crippen molar-refractivity contribution >= 4 is 70.3 Å². The average molecular weight is 642 g/mol. The number of carbonyl (C=O) groups is 1. The van der Waals surface area contributed by atoms with Gasteiger partial charge in [0.1, 0.15) is 12.4 Å². The molecule has 0 saturated heterocycles. The van der Waals surface area contributed by atoms with Gasteiger partial charge in [0.15, 0.2) is 18.1 Å². The molecule has 0 radical (unpaired) electrons. The molecule has 1 aromatic heterocycles. The number of amides is 1. The third kappa shape index (κ3) is 8.67. The third-order valence-corrected chi connectivity index (χ3v) is 6.85. The topological polar surface area (TPSA) is 108 Å². The van der Waals surface area contributed by atoms with Gasteiger partial charge in [-0.3, -0.25) is 4.79 Å². The first-order valence-corrected chi connectivity index (χ1v) is 13.9. The Kier molecular flexibility index (Phi) is 10.8. The highest BCUT2D eigenvalue weighted by Gasteiger charge is 2.13. The summed E-state index contributed by atoms with van der Waals surface area (Å²) in [6.07, 6.45) is 1.43. The van der Waals surface area contributed by atoms with Crippen LogP contribution in [0.4, 0.5) is 0 Å². The first-order chi connectivity index (χ1) is 19.3. The molecule has 9 nitrogen and oxygen atoms in total. The van der Waals surface area contributed by atoms with Gasteiger partial charge in [-0.15, -0.1) is 10.2 Å². The quantitative estimate of drug-likeness (QED) is 0.0992. The summed E-state index contributed by atoms with van der Waals surface area (Å²) in [5.41, 5.74) is 3.94. The summed E-state index contributed by atoms with van der Waals surface area (Å²) in [6, 6.07) is 15.5. The Balaban J connectivity index is 1.25. The third-order valence-electron chi connectivity index (χ3n) is 4.97. The number of hydrogen-bond donors (Lipinski definition) is 1. The fourth-order valence-corrected chi connectivity index (χ4v) is 4.55. The highest BCUT2D eigenvalue weighted by atomic mass is 35.5. The van der Waals surface area contributed by atoms with E-state index in [0.29, 0.717) is 42.9 Å². The summed E-state index contributed by atoms with van der Waals surface area (Å²) in [5, 5.41) is 13.8. The van der Waals surface area contributed by atoms with Crippen molar-refractivity contribution in [3.05, 3.63) is 91.7 Å². The average Bonchev–Trinajstić information content (AvgIpc) is 3.39. The molecule has 1 amide bonds. The minimum atomic E-state index is -0.383. The lowest BCUT2D eigenvalue weighted by molar-refractivity contribution is -0.118. The van der Waals surface area contributed by atoms with Gasteiger partial charge in [0.05, 0.1) is 29.1 Å². The Morgan fingerprint density at radius 3 is 2.48 bits per heavy atom. The number of hydrazone groups is 1. The Bertz CT molecular complexity index is 1500. The van der Waals surface area contributed by atoms with E-state index in [-0.39, 0.29) is 36.0 Å². The number of methoxy groups -OCH3 is 1. The van der Waals surface area contributed by atoms with Crippen molar-refractivity contribution in [2.45, 2.75) is 18.4 Å². The molecular weight excluding hydrogens is 622 g/mol. The largest absolute Gasteiger partial charge is 0.493 e. The molecule has 0 aliphatic carbocycles. The van der Waals surface area contributed by atoms with Crippen LogP contribution in [0.15, 0.2) is 69.3 Å². The van der Waals surface area contributed by atoms with Crippen LogP contribution in [0.3, 0.4) is 0 Å². The summed E-state index contributed by atoms with van der Waals surface area (Å²) in [7, 11) is 1.50. The van der Waals surface area contributed by atoms with Crippen molar-refractivity contribution in [3.8, 4) is 17.2 Å². The second-order valence-electron chi connectivity index (χ2n) is 7.86. The number of carbonyl (C=O) groups excluding carboxylic acids is 1. The molecule has 0 aliphatic heterocycles. The monoisotopic (exact) mass is 640 g/mol. The number of halogens is 4. The smallest absolute Gasteiger partial charge is 0.277 e. The number of thioether (sulfide) groups is 1. The summed E-state index contributed by atoms with van der Waals surface area (Å²) in [5.74, 6) is 1.06. The maximum atomic E-state index is 12.2. The first-order valence-electron chi connectivity index (χ1n) is 11.4. The van der Waals surface area contributed by atoms with Crippen molar-refractivity contribution in [2.75, 3.05) is 12.9 Å². The Labute approximate surface area is 253 Å². The van der Waals surface area contributed by atoms with E-state index < -0.39 is 0 Å². The maximum Gasteiger partial charge on any atom is 0.277 e. The number of rotatable bonds is 12. The molecule has 0 spiro atoms. The summed E-state index contributed by atoms with van der Waals surface area (Å²) in [4.78, 5) is 12.2. The fourth-order valence-electron chi connectivity index (χ4n) is 3.12. The van der Waals surface area contributed by atoms with Crippen LogP contribution in [-0.2, 0) is 18.0 Å². The number of ether oxygens (including phenoxy) is 3. The van der Waals surface area contributed by atoms with E-state index in [2.05, 4.69) is 20.7 Å². The maximum absolute atomic E-state index is 12.2. The van der Waals surface area contributed by atoms with Crippen LogP contribution in [0.5, 0.6) is 17.2 Å². The van der Waals surface area contributed by atoms with Crippen LogP contribution in [0, 0.1) is 0 Å². The van der Waals surface area contributed by atoms with E-state index in [1.165, 1.54) is 13.3 Å². The van der Waals surface area contributed by atoms with Crippen molar-refractivity contribution in [3.63, 3.8) is 0 Å². The number of hydrogen-bond acceptors (Lipinski definition) is 9. The standard InChI is InChI=1S/C26H20Cl4N4O5S/c1-36-22-9-16(8-20(30)25(22)38-12-15-2-4-17(27)5-3-15)11-31-32-23(35)14-40-26-34-33-24(39-26)13-37-21-7-6-18(28)10-19(21)29/h2-11H,12-14H2,1H3,(H,32,35)/b31-11-. The van der Waals surface area contributed by atoms with Gasteiger partial charge < -0.3 is 18.6 Å². The minimum Gasteiger partial charge on any atom is -0.493 e. The minimum absolute atomic E-state index is 0.00236. The molecule has 4 aromatic rings. The van der Waals surface area contributed by atoms with Gasteiger partial charge in [-0.1, -0.05) is 70.3 Å². The normalized spacial score (nSPS) is 11.0. The zero-order chi connectivity index (χ0) is 28.5. The molecule has 0 bridgehead atoms. The van der Waals surface area contributed by atoms with Crippen molar-refractivity contribution in [2.24, 2.45) is 5.10 Å². The number of nitrogens with one attached hydrogen (secondary N) is 1. The second kappa shape index (κ2) is 14.5. The van der Waals surface area contributed by atoms with E-state index in [9.17, 15) is 4.79 Å². The molecule has 0 aliphatic rings. The van der Waals surface area contributed by atoms with E-state index in [4.69, 9.17) is 65.0 Å². The van der Waals surface area contributed by atoms with E-state index in [1.54, 1.807) is 42.5 Å². The van der Waals surface area contributed by atoms with Gasteiger partial charge in [-0.2, -0.15) is 5.10 Å². The molecule has 0 fully saturated rings. The number of benzene rings is 3. The Morgan fingerprint density at radius 2 is 1.73 bits per heavy atom. The molecule has 40 heavy (non-hydrogen) atoms. The first kappa shape index (κ1) is 29.8. The number of nitrogens with zero attached hydrogens (tertiary/aromatic N) is 3. The van der Waals surface area contributed by atoms with E-state index in [0.717, 1.165) is 17.3 Å². The summed E-state index contributed by atoms with van der Waals surface area (Å²) >= 11 is 25.3. The van der Waals surface area contributed by atoms with Crippen LogP contribution in [-0.4, -0.2) is 35.2 Å². The van der Waals surface area contributed by atoms with Gasteiger partial charge in [0.25, 0.3) is 17.0 Å². The van der Waals surface area contributed by atoms with Crippen molar-refractivity contribution in [1.29, 1.82) is 0 Å². The molecular formula is C26H20Cl4N4O5S. The predicted molar refractivity (Wildman–Crippen MR) is 155 cm³/mol. The van der Waals surface area contributed by atoms with E-state index >= 15 is 0 Å². The highest BCUT2D eigenvalue weighted by molar-refractivity contribution is 7.99. The molecule has 1 N–H and O–H groups in total. The lowest BCUT2D eigenvalue weighted by Crippen LogP contribution is -2.19. The van der Waals surface area contributed by atoms with Crippen LogP contribution in [0.1, 0.15) is 17.0 Å². The lowest BCUT2D eigenvalue weighted by atomic mass is 10.2. The number of aromatic nitrogens is 2.